The van der Waals surface area contributed by atoms with E-state index in [1.807, 2.05) is 0 Å². The largest absolute Gasteiger partial charge is 0.296 e. The molecule has 0 radical (unpaired) electrons. The molecule has 0 fully saturated rings. The summed E-state index contributed by atoms with van der Waals surface area (Å²) in [5.74, 6) is 0. The molecule has 2 aromatic rings. The summed E-state index contributed by atoms with van der Waals surface area (Å²) < 4.78 is 4.43. The zero-order chi connectivity index (χ0) is 9.10. The lowest BCUT2D eigenvalue weighted by molar-refractivity contribution is 0.111. The Hall–Kier alpha value is -2.04. The number of aromatic nitrogens is 3. The number of aldehydes is 1. The van der Waals surface area contributed by atoms with Crippen LogP contribution in [-0.2, 0) is 0 Å². The standard InChI is InChI=1S/C8H5N3O2/c12-5-7-8(11-13-10-7)6-2-1-3-9-4-6/h1-5H. The van der Waals surface area contributed by atoms with Crippen molar-refractivity contribution in [3.8, 4) is 11.3 Å². The van der Waals surface area contributed by atoms with E-state index in [0.717, 1.165) is 0 Å². The first-order valence-electron chi connectivity index (χ1n) is 3.60. The van der Waals surface area contributed by atoms with Gasteiger partial charge >= 0.3 is 0 Å². The topological polar surface area (TPSA) is 68.9 Å². The number of carbonyl (C=O) groups is 1. The van der Waals surface area contributed by atoms with Gasteiger partial charge < -0.3 is 0 Å². The third-order valence-corrected chi connectivity index (χ3v) is 1.56. The van der Waals surface area contributed by atoms with Crippen LogP contribution in [0.3, 0.4) is 0 Å². The Labute approximate surface area is 73.4 Å². The van der Waals surface area contributed by atoms with E-state index in [4.69, 9.17) is 0 Å². The van der Waals surface area contributed by atoms with Crippen LogP contribution in [0.15, 0.2) is 29.2 Å². The van der Waals surface area contributed by atoms with Crippen molar-refractivity contribution in [3.63, 3.8) is 0 Å². The van der Waals surface area contributed by atoms with E-state index in [0.29, 0.717) is 17.5 Å². The third kappa shape index (κ3) is 1.31. The minimum Gasteiger partial charge on any atom is -0.296 e. The molecule has 13 heavy (non-hydrogen) atoms. The van der Waals surface area contributed by atoms with Crippen molar-refractivity contribution in [2.24, 2.45) is 0 Å². The molecule has 0 saturated carbocycles. The first kappa shape index (κ1) is 7.60. The van der Waals surface area contributed by atoms with Crippen LogP contribution in [0.5, 0.6) is 0 Å². The summed E-state index contributed by atoms with van der Waals surface area (Å²) in [4.78, 5) is 14.4. The van der Waals surface area contributed by atoms with E-state index in [1.165, 1.54) is 0 Å². The highest BCUT2D eigenvalue weighted by atomic mass is 16.6. The third-order valence-electron chi connectivity index (χ3n) is 1.56. The molecule has 0 N–H and O–H groups in total. The second-order valence-corrected chi connectivity index (χ2v) is 2.36. The number of hydrogen-bond acceptors (Lipinski definition) is 5. The molecule has 2 heterocycles. The molecule has 0 saturated heterocycles. The maximum Gasteiger partial charge on any atom is 0.175 e. The fourth-order valence-corrected chi connectivity index (χ4v) is 0.976. The highest BCUT2D eigenvalue weighted by Crippen LogP contribution is 2.16. The van der Waals surface area contributed by atoms with Gasteiger partial charge in [-0.15, -0.1) is 0 Å². The minimum absolute atomic E-state index is 0.188. The predicted molar refractivity (Wildman–Crippen MR) is 42.9 cm³/mol. The molecule has 0 amide bonds. The highest BCUT2D eigenvalue weighted by molar-refractivity contribution is 5.82. The molecule has 0 unspecified atom stereocenters. The Morgan fingerprint density at radius 2 is 2.31 bits per heavy atom. The summed E-state index contributed by atoms with van der Waals surface area (Å²) in [5.41, 5.74) is 1.32. The molecule has 0 aliphatic rings. The normalized spacial score (nSPS) is 9.85. The van der Waals surface area contributed by atoms with Gasteiger partial charge in [0, 0.05) is 18.0 Å². The lowest BCUT2D eigenvalue weighted by Crippen LogP contribution is -1.85. The molecule has 0 atom stereocenters. The summed E-state index contributed by atoms with van der Waals surface area (Å²) in [6.45, 7) is 0. The van der Waals surface area contributed by atoms with Gasteiger partial charge in [-0.1, -0.05) is 0 Å². The van der Waals surface area contributed by atoms with Gasteiger partial charge in [-0.05, 0) is 22.4 Å². The number of hydrogen-bond donors (Lipinski definition) is 0. The highest BCUT2D eigenvalue weighted by Gasteiger charge is 2.10. The van der Waals surface area contributed by atoms with Gasteiger partial charge in [-0.25, -0.2) is 4.63 Å². The van der Waals surface area contributed by atoms with Gasteiger partial charge in [0.25, 0.3) is 0 Å². The summed E-state index contributed by atoms with van der Waals surface area (Å²) in [5, 5.41) is 7.03. The van der Waals surface area contributed by atoms with Gasteiger partial charge in [-0.3, -0.25) is 9.78 Å². The van der Waals surface area contributed by atoms with Crippen molar-refractivity contribution in [2.45, 2.75) is 0 Å². The maximum absolute atomic E-state index is 10.5. The Balaban J connectivity index is 2.52. The number of nitrogens with zero attached hydrogens (tertiary/aromatic N) is 3. The zero-order valence-electron chi connectivity index (χ0n) is 6.54. The molecular weight excluding hydrogens is 170 g/mol. The van der Waals surface area contributed by atoms with E-state index in [9.17, 15) is 4.79 Å². The monoisotopic (exact) mass is 175 g/mol. The summed E-state index contributed by atoms with van der Waals surface area (Å²) in [7, 11) is 0. The molecule has 0 aliphatic heterocycles. The van der Waals surface area contributed by atoms with E-state index >= 15 is 0 Å². The summed E-state index contributed by atoms with van der Waals surface area (Å²) in [6.07, 6.45) is 3.82. The molecule has 64 valence electrons. The van der Waals surface area contributed by atoms with Crippen LogP contribution in [0, 0.1) is 0 Å². The van der Waals surface area contributed by atoms with E-state index in [-0.39, 0.29) is 5.69 Å². The fourth-order valence-electron chi connectivity index (χ4n) is 0.976. The number of rotatable bonds is 2. The molecule has 5 heteroatoms. The molecule has 2 aromatic heterocycles. The van der Waals surface area contributed by atoms with Crippen LogP contribution in [0.1, 0.15) is 10.5 Å². The van der Waals surface area contributed by atoms with Crippen LogP contribution in [0.2, 0.25) is 0 Å². The van der Waals surface area contributed by atoms with Crippen molar-refractivity contribution in [3.05, 3.63) is 30.2 Å². The maximum atomic E-state index is 10.5. The molecular formula is C8H5N3O2. The molecule has 0 aliphatic carbocycles. The lowest BCUT2D eigenvalue weighted by atomic mass is 10.2. The van der Waals surface area contributed by atoms with E-state index < -0.39 is 0 Å². The smallest absolute Gasteiger partial charge is 0.175 e. The molecule has 0 bridgehead atoms. The van der Waals surface area contributed by atoms with E-state index in [1.54, 1.807) is 24.5 Å². The molecule has 0 spiro atoms. The van der Waals surface area contributed by atoms with Crippen molar-refractivity contribution in [2.75, 3.05) is 0 Å². The Bertz CT molecular complexity index is 410. The second kappa shape index (κ2) is 3.14. The first-order valence-corrected chi connectivity index (χ1v) is 3.60. The van der Waals surface area contributed by atoms with Crippen molar-refractivity contribution >= 4 is 6.29 Å². The Morgan fingerprint density at radius 1 is 1.38 bits per heavy atom. The van der Waals surface area contributed by atoms with Crippen LogP contribution >= 0.6 is 0 Å². The van der Waals surface area contributed by atoms with Gasteiger partial charge in [0.1, 0.15) is 5.69 Å². The van der Waals surface area contributed by atoms with Crippen LogP contribution in [0.25, 0.3) is 11.3 Å². The fraction of sp³-hybridized carbons (Fsp3) is 0. The van der Waals surface area contributed by atoms with Crippen LogP contribution < -0.4 is 0 Å². The first-order chi connectivity index (χ1) is 6.42. The van der Waals surface area contributed by atoms with Crippen molar-refractivity contribution in [1.29, 1.82) is 0 Å². The average Bonchev–Trinajstić information content (AvgIpc) is 2.67. The average molecular weight is 175 g/mol. The van der Waals surface area contributed by atoms with Gasteiger partial charge in [-0.2, -0.15) is 0 Å². The van der Waals surface area contributed by atoms with Gasteiger partial charge in [0.2, 0.25) is 0 Å². The van der Waals surface area contributed by atoms with Gasteiger partial charge in [0.05, 0.1) is 0 Å². The van der Waals surface area contributed by atoms with Crippen LogP contribution in [0.4, 0.5) is 0 Å². The van der Waals surface area contributed by atoms with Crippen molar-refractivity contribution in [1.82, 2.24) is 15.3 Å². The quantitative estimate of drug-likeness (QED) is 0.635. The Morgan fingerprint density at radius 3 is 3.00 bits per heavy atom. The molecule has 2 rings (SSSR count). The number of pyridine rings is 1. The zero-order valence-corrected chi connectivity index (χ0v) is 6.54. The number of carbonyl (C=O) groups excluding carboxylic acids is 1. The second-order valence-electron chi connectivity index (χ2n) is 2.36. The van der Waals surface area contributed by atoms with Gasteiger partial charge in [0.15, 0.2) is 12.0 Å². The summed E-state index contributed by atoms with van der Waals surface area (Å²) in [6, 6.07) is 3.53. The SMILES string of the molecule is O=Cc1nonc1-c1cccnc1. The predicted octanol–water partition coefficient (Wildman–Crippen LogP) is 0.944. The lowest BCUT2D eigenvalue weighted by Gasteiger charge is -1.91. The van der Waals surface area contributed by atoms with E-state index in [2.05, 4.69) is 19.9 Å². The summed E-state index contributed by atoms with van der Waals surface area (Å²) >= 11 is 0. The van der Waals surface area contributed by atoms with Crippen LogP contribution in [-0.4, -0.2) is 21.6 Å². The Kier molecular flexibility index (Phi) is 1.84. The molecule has 5 nitrogen and oxygen atoms in total. The minimum atomic E-state index is 0.188. The van der Waals surface area contributed by atoms with Crippen molar-refractivity contribution < 1.29 is 9.42 Å². The molecule has 0 aromatic carbocycles.